The van der Waals surface area contributed by atoms with Crippen molar-refractivity contribution in [1.29, 1.82) is 0 Å². The second-order valence-electron chi connectivity index (χ2n) is 6.85. The van der Waals surface area contributed by atoms with E-state index >= 15 is 0 Å². The number of carbonyl (C=O) groups is 2. The van der Waals surface area contributed by atoms with Crippen LogP contribution in [0.4, 0.5) is 0 Å². The summed E-state index contributed by atoms with van der Waals surface area (Å²) in [4.78, 5) is 26.7. The van der Waals surface area contributed by atoms with E-state index in [9.17, 15) is 9.59 Å². The van der Waals surface area contributed by atoms with Crippen molar-refractivity contribution in [2.45, 2.75) is 43.5 Å². The van der Waals surface area contributed by atoms with E-state index in [1.165, 1.54) is 43.9 Å². The summed E-state index contributed by atoms with van der Waals surface area (Å²) < 4.78 is 0. The van der Waals surface area contributed by atoms with Crippen LogP contribution in [0.15, 0.2) is 46.7 Å². The van der Waals surface area contributed by atoms with E-state index in [0.717, 1.165) is 16.3 Å². The third kappa shape index (κ3) is 6.40. The maximum atomic E-state index is 12.5. The summed E-state index contributed by atoms with van der Waals surface area (Å²) in [6, 6.07) is 11.4. The van der Waals surface area contributed by atoms with Crippen molar-refractivity contribution in [1.82, 2.24) is 10.6 Å². The quantitative estimate of drug-likeness (QED) is 0.641. The van der Waals surface area contributed by atoms with Crippen molar-refractivity contribution in [2.75, 3.05) is 12.3 Å². The number of benzene rings is 1. The third-order valence-corrected chi connectivity index (χ3v) is 6.76. The van der Waals surface area contributed by atoms with Crippen molar-refractivity contribution < 1.29 is 9.59 Å². The van der Waals surface area contributed by atoms with Gasteiger partial charge < -0.3 is 10.6 Å². The first-order valence-corrected chi connectivity index (χ1v) is 11.4. The molecule has 144 valence electrons. The molecule has 1 heterocycles. The Kier molecular flexibility index (Phi) is 7.78. The van der Waals surface area contributed by atoms with E-state index in [1.807, 2.05) is 41.8 Å². The summed E-state index contributed by atoms with van der Waals surface area (Å²) in [5.41, 5.74) is 0.624. The Hall–Kier alpha value is -1.79. The Morgan fingerprint density at radius 3 is 2.63 bits per heavy atom. The lowest BCUT2D eigenvalue weighted by atomic mass is 9.89. The van der Waals surface area contributed by atoms with E-state index in [1.54, 1.807) is 11.3 Å². The number of hydrogen-bond acceptors (Lipinski definition) is 4. The van der Waals surface area contributed by atoms with E-state index in [2.05, 4.69) is 10.6 Å². The molecule has 0 radical (unpaired) electrons. The zero-order valence-electron chi connectivity index (χ0n) is 15.4. The number of carbonyl (C=O) groups excluding carboxylic acids is 2. The average molecular weight is 403 g/mol. The van der Waals surface area contributed by atoms with Gasteiger partial charge in [0.1, 0.15) is 0 Å². The average Bonchev–Trinajstić information content (AvgIpc) is 3.23. The summed E-state index contributed by atoms with van der Waals surface area (Å²) in [5.74, 6) is 0.901. The smallest absolute Gasteiger partial charge is 0.252 e. The van der Waals surface area contributed by atoms with Gasteiger partial charge in [0.05, 0.1) is 17.9 Å². The Morgan fingerprint density at radius 1 is 1.04 bits per heavy atom. The zero-order valence-corrected chi connectivity index (χ0v) is 17.0. The van der Waals surface area contributed by atoms with Gasteiger partial charge in [-0.3, -0.25) is 9.59 Å². The fraction of sp³-hybridized carbons (Fsp3) is 0.429. The van der Waals surface area contributed by atoms with Crippen LogP contribution in [0, 0.1) is 5.92 Å². The molecule has 2 N–H and O–H groups in total. The Bertz CT molecular complexity index is 740. The van der Waals surface area contributed by atoms with Crippen molar-refractivity contribution in [3.05, 3.63) is 52.2 Å². The molecule has 27 heavy (non-hydrogen) atoms. The molecule has 1 aliphatic carbocycles. The standard InChI is InChI=1S/C21H26N2O2S2/c24-20(22-13-16-7-2-1-3-8-16)15-27-19-11-5-4-10-18(19)21(25)23-14-17-9-6-12-26-17/h4-6,9-12,16H,1-3,7-8,13-15H2,(H,22,24)(H,23,25). The van der Waals surface area contributed by atoms with Gasteiger partial charge in [-0.2, -0.15) is 0 Å². The SMILES string of the molecule is O=C(CSc1ccccc1C(=O)NCc1cccs1)NCC1CCCCC1. The van der Waals surface area contributed by atoms with Gasteiger partial charge in [0.15, 0.2) is 0 Å². The van der Waals surface area contributed by atoms with Gasteiger partial charge in [-0.05, 0) is 42.3 Å². The number of rotatable bonds is 8. The molecule has 0 spiro atoms. The van der Waals surface area contributed by atoms with Gasteiger partial charge >= 0.3 is 0 Å². The van der Waals surface area contributed by atoms with Crippen molar-refractivity contribution in [2.24, 2.45) is 5.92 Å². The van der Waals surface area contributed by atoms with Crippen molar-refractivity contribution in [3.63, 3.8) is 0 Å². The van der Waals surface area contributed by atoms with Crippen LogP contribution in [0.2, 0.25) is 0 Å². The monoisotopic (exact) mass is 402 g/mol. The number of hydrogen-bond donors (Lipinski definition) is 2. The van der Waals surface area contributed by atoms with Crippen LogP contribution >= 0.6 is 23.1 Å². The highest BCUT2D eigenvalue weighted by molar-refractivity contribution is 8.00. The minimum atomic E-state index is -0.103. The molecule has 0 unspecified atom stereocenters. The molecule has 1 fully saturated rings. The van der Waals surface area contributed by atoms with Gasteiger partial charge in [0.2, 0.25) is 5.91 Å². The summed E-state index contributed by atoms with van der Waals surface area (Å²) in [6.45, 7) is 1.31. The van der Waals surface area contributed by atoms with Crippen molar-refractivity contribution >= 4 is 34.9 Å². The lowest BCUT2D eigenvalue weighted by Crippen LogP contribution is -2.31. The summed E-state index contributed by atoms with van der Waals surface area (Å²) >= 11 is 3.05. The maximum Gasteiger partial charge on any atom is 0.252 e. The summed E-state index contributed by atoms with van der Waals surface area (Å²) in [5, 5.41) is 8.01. The second-order valence-corrected chi connectivity index (χ2v) is 8.90. The van der Waals surface area contributed by atoms with Crippen LogP contribution in [0.3, 0.4) is 0 Å². The van der Waals surface area contributed by atoms with Crippen LogP contribution in [-0.2, 0) is 11.3 Å². The van der Waals surface area contributed by atoms with Crippen LogP contribution in [0.1, 0.15) is 47.3 Å². The van der Waals surface area contributed by atoms with Crippen molar-refractivity contribution in [3.8, 4) is 0 Å². The predicted molar refractivity (Wildman–Crippen MR) is 112 cm³/mol. The number of amides is 2. The van der Waals surface area contributed by atoms with E-state index < -0.39 is 0 Å². The molecule has 6 heteroatoms. The van der Waals surface area contributed by atoms with Crippen LogP contribution in [0.25, 0.3) is 0 Å². The zero-order chi connectivity index (χ0) is 18.9. The lowest BCUT2D eigenvalue weighted by Gasteiger charge is -2.21. The molecule has 2 amide bonds. The molecule has 1 aromatic carbocycles. The molecule has 1 aliphatic rings. The highest BCUT2D eigenvalue weighted by Gasteiger charge is 2.16. The largest absolute Gasteiger partial charge is 0.355 e. The number of nitrogens with one attached hydrogen (secondary N) is 2. The Balaban J connectivity index is 1.47. The highest BCUT2D eigenvalue weighted by Crippen LogP contribution is 2.24. The molecule has 1 saturated carbocycles. The minimum absolute atomic E-state index is 0.0411. The topological polar surface area (TPSA) is 58.2 Å². The van der Waals surface area contributed by atoms with Gasteiger partial charge in [-0.25, -0.2) is 0 Å². The predicted octanol–water partition coefficient (Wildman–Crippen LogP) is 4.47. The minimum Gasteiger partial charge on any atom is -0.355 e. The molecule has 4 nitrogen and oxygen atoms in total. The molecule has 0 aliphatic heterocycles. The van der Waals surface area contributed by atoms with Crippen LogP contribution < -0.4 is 10.6 Å². The van der Waals surface area contributed by atoms with Gasteiger partial charge in [0, 0.05) is 16.3 Å². The first-order chi connectivity index (χ1) is 13.2. The fourth-order valence-corrected chi connectivity index (χ4v) is 4.82. The number of thiophene rings is 1. The first-order valence-electron chi connectivity index (χ1n) is 9.51. The molecule has 2 aromatic rings. The lowest BCUT2D eigenvalue weighted by molar-refractivity contribution is -0.118. The van der Waals surface area contributed by atoms with E-state index in [0.29, 0.717) is 23.8 Å². The highest BCUT2D eigenvalue weighted by atomic mass is 32.2. The molecular formula is C21H26N2O2S2. The molecule has 3 rings (SSSR count). The molecule has 0 saturated heterocycles. The van der Waals surface area contributed by atoms with E-state index in [4.69, 9.17) is 0 Å². The molecule has 0 atom stereocenters. The van der Waals surface area contributed by atoms with Gasteiger partial charge in [0.25, 0.3) is 5.91 Å². The van der Waals surface area contributed by atoms with Crippen LogP contribution in [0.5, 0.6) is 0 Å². The number of thioether (sulfide) groups is 1. The normalized spacial score (nSPS) is 14.7. The van der Waals surface area contributed by atoms with E-state index in [-0.39, 0.29) is 11.8 Å². The molecule has 0 bridgehead atoms. The summed E-state index contributed by atoms with van der Waals surface area (Å²) in [6.07, 6.45) is 6.33. The summed E-state index contributed by atoms with van der Waals surface area (Å²) in [7, 11) is 0. The maximum absolute atomic E-state index is 12.5. The van der Waals surface area contributed by atoms with Crippen LogP contribution in [-0.4, -0.2) is 24.1 Å². The fourth-order valence-electron chi connectivity index (χ4n) is 3.30. The third-order valence-electron chi connectivity index (χ3n) is 4.81. The van der Waals surface area contributed by atoms with Gasteiger partial charge in [-0.1, -0.05) is 37.5 Å². The Morgan fingerprint density at radius 2 is 1.85 bits per heavy atom. The van der Waals surface area contributed by atoms with Gasteiger partial charge in [-0.15, -0.1) is 23.1 Å². The first kappa shape index (κ1) is 20.0. The molecule has 1 aromatic heterocycles. The second kappa shape index (κ2) is 10.5. The Labute approximate surface area is 169 Å². The molecular weight excluding hydrogens is 376 g/mol.